The van der Waals surface area contributed by atoms with Crippen LogP contribution in [0.2, 0.25) is 0 Å². The van der Waals surface area contributed by atoms with Crippen molar-refractivity contribution in [3.63, 3.8) is 0 Å². The monoisotopic (exact) mass is 390 g/mol. The van der Waals surface area contributed by atoms with Crippen LogP contribution in [-0.2, 0) is 20.0 Å². The summed E-state index contributed by atoms with van der Waals surface area (Å²) in [6, 6.07) is 12.4. The van der Waals surface area contributed by atoms with Crippen molar-refractivity contribution in [2.24, 2.45) is 7.05 Å². The number of benzene rings is 1. The number of hydrogen-bond donors (Lipinski definition) is 3. The minimum atomic E-state index is -0.230. The Kier molecular flexibility index (Phi) is 4.90. The van der Waals surface area contributed by atoms with Gasteiger partial charge in [-0.2, -0.15) is 0 Å². The van der Waals surface area contributed by atoms with E-state index in [1.807, 2.05) is 29.8 Å². The molecule has 0 radical (unpaired) electrons. The first kappa shape index (κ1) is 18.5. The van der Waals surface area contributed by atoms with Crippen LogP contribution in [0.15, 0.2) is 54.9 Å². The molecule has 0 aliphatic carbocycles. The minimum Gasteiger partial charge on any atom is -0.397 e. The van der Waals surface area contributed by atoms with E-state index in [1.54, 1.807) is 41.6 Å². The number of rotatable bonds is 3. The molecule has 29 heavy (non-hydrogen) atoms. The molecule has 0 fully saturated rings. The Hall–Kier alpha value is -3.81. The van der Waals surface area contributed by atoms with Crippen LogP contribution in [0.25, 0.3) is 0 Å². The zero-order chi connectivity index (χ0) is 20.4. The Morgan fingerprint density at radius 1 is 1.14 bits per heavy atom. The third-order valence-electron chi connectivity index (χ3n) is 5.07. The Morgan fingerprint density at radius 3 is 2.72 bits per heavy atom. The van der Waals surface area contributed by atoms with Gasteiger partial charge in [-0.3, -0.25) is 9.78 Å². The van der Waals surface area contributed by atoms with E-state index >= 15 is 0 Å². The lowest BCUT2D eigenvalue weighted by atomic mass is 10.1. The van der Waals surface area contributed by atoms with E-state index in [0.29, 0.717) is 42.3 Å². The summed E-state index contributed by atoms with van der Waals surface area (Å²) in [6.07, 6.45) is 3.93. The fourth-order valence-corrected chi connectivity index (χ4v) is 3.52. The third-order valence-corrected chi connectivity index (χ3v) is 5.07. The standard InChI is InChI=1S/C21H22N6O2/c1-26-18-8-10-27(21(29)24-15-5-4-9-23-12-15)13-14(18)11-19(26)20(28)25-17-7-3-2-6-16(17)22/h2-7,9,11-12H,8,10,13,22H2,1H3,(H,24,29)(H,25,28). The van der Waals surface area contributed by atoms with Crippen LogP contribution in [0.4, 0.5) is 21.9 Å². The van der Waals surface area contributed by atoms with Crippen molar-refractivity contribution in [2.45, 2.75) is 13.0 Å². The molecule has 1 aromatic carbocycles. The fourth-order valence-electron chi connectivity index (χ4n) is 3.52. The zero-order valence-electron chi connectivity index (χ0n) is 16.1. The first-order chi connectivity index (χ1) is 14.0. The number of pyridine rings is 1. The molecule has 0 atom stereocenters. The van der Waals surface area contributed by atoms with Gasteiger partial charge in [-0.1, -0.05) is 12.1 Å². The van der Waals surface area contributed by atoms with Gasteiger partial charge in [0.25, 0.3) is 5.91 Å². The predicted molar refractivity (Wildman–Crippen MR) is 112 cm³/mol. The molecule has 0 unspecified atom stereocenters. The molecule has 2 aromatic heterocycles. The number of amides is 3. The molecule has 4 N–H and O–H groups in total. The van der Waals surface area contributed by atoms with Crippen molar-refractivity contribution in [1.82, 2.24) is 14.5 Å². The lowest BCUT2D eigenvalue weighted by Gasteiger charge is -2.27. The van der Waals surface area contributed by atoms with Crippen LogP contribution >= 0.6 is 0 Å². The predicted octanol–water partition coefficient (Wildman–Crippen LogP) is 2.84. The second-order valence-corrected chi connectivity index (χ2v) is 6.95. The van der Waals surface area contributed by atoms with Crippen molar-refractivity contribution in [3.05, 3.63) is 71.8 Å². The van der Waals surface area contributed by atoms with E-state index in [-0.39, 0.29) is 11.9 Å². The van der Waals surface area contributed by atoms with Crippen molar-refractivity contribution < 1.29 is 9.59 Å². The van der Waals surface area contributed by atoms with Gasteiger partial charge in [0.2, 0.25) is 0 Å². The van der Waals surface area contributed by atoms with Crippen molar-refractivity contribution >= 4 is 29.0 Å². The van der Waals surface area contributed by atoms with E-state index in [4.69, 9.17) is 5.73 Å². The van der Waals surface area contributed by atoms with E-state index < -0.39 is 0 Å². The third kappa shape index (κ3) is 3.77. The molecule has 0 saturated carbocycles. The van der Waals surface area contributed by atoms with Crippen LogP contribution in [-0.4, -0.2) is 32.9 Å². The van der Waals surface area contributed by atoms with Gasteiger partial charge in [-0.15, -0.1) is 0 Å². The van der Waals surface area contributed by atoms with Crippen LogP contribution in [0, 0.1) is 0 Å². The maximum Gasteiger partial charge on any atom is 0.322 e. The summed E-state index contributed by atoms with van der Waals surface area (Å²) in [5, 5.41) is 5.71. The molecule has 1 aliphatic heterocycles. The highest BCUT2D eigenvalue weighted by atomic mass is 16.2. The number of fused-ring (bicyclic) bond motifs is 1. The smallest absolute Gasteiger partial charge is 0.322 e. The van der Waals surface area contributed by atoms with E-state index in [9.17, 15) is 9.59 Å². The van der Waals surface area contributed by atoms with Crippen LogP contribution in [0.1, 0.15) is 21.7 Å². The van der Waals surface area contributed by atoms with Gasteiger partial charge >= 0.3 is 6.03 Å². The number of carbonyl (C=O) groups is 2. The van der Waals surface area contributed by atoms with Gasteiger partial charge < -0.3 is 25.8 Å². The summed E-state index contributed by atoms with van der Waals surface area (Å²) < 4.78 is 1.89. The molecule has 148 valence electrons. The Morgan fingerprint density at radius 2 is 1.97 bits per heavy atom. The summed E-state index contributed by atoms with van der Waals surface area (Å²) in [5.74, 6) is -0.230. The molecular weight excluding hydrogens is 368 g/mol. The van der Waals surface area contributed by atoms with Crippen LogP contribution in [0.5, 0.6) is 0 Å². The minimum absolute atomic E-state index is 0.185. The molecule has 0 spiro atoms. The SMILES string of the molecule is Cn1c(C(=O)Nc2ccccc2N)cc2c1CCN(C(=O)Nc1cccnc1)C2. The molecule has 0 saturated heterocycles. The summed E-state index contributed by atoms with van der Waals surface area (Å²) in [6.45, 7) is 1.01. The number of nitrogens with one attached hydrogen (secondary N) is 2. The first-order valence-corrected chi connectivity index (χ1v) is 9.32. The van der Waals surface area contributed by atoms with Crippen LogP contribution in [0.3, 0.4) is 0 Å². The summed E-state index contributed by atoms with van der Waals surface area (Å²) in [7, 11) is 1.87. The second-order valence-electron chi connectivity index (χ2n) is 6.95. The Labute approximate surface area is 168 Å². The quantitative estimate of drug-likeness (QED) is 0.598. The highest BCUT2D eigenvalue weighted by Crippen LogP contribution is 2.25. The molecule has 3 aromatic rings. The molecule has 0 bridgehead atoms. The number of hydrogen-bond acceptors (Lipinski definition) is 4. The van der Waals surface area contributed by atoms with Crippen molar-refractivity contribution in [3.8, 4) is 0 Å². The number of carbonyl (C=O) groups excluding carboxylic acids is 2. The molecule has 3 amide bonds. The highest BCUT2D eigenvalue weighted by Gasteiger charge is 2.26. The summed E-state index contributed by atoms with van der Waals surface area (Å²) in [5.41, 5.74) is 10.2. The van der Waals surface area contributed by atoms with E-state index in [0.717, 1.165) is 11.3 Å². The normalized spacial score (nSPS) is 12.9. The lowest BCUT2D eigenvalue weighted by Crippen LogP contribution is -2.39. The first-order valence-electron chi connectivity index (χ1n) is 9.32. The number of nitrogen functional groups attached to an aromatic ring is 1. The van der Waals surface area contributed by atoms with Crippen molar-refractivity contribution in [1.29, 1.82) is 0 Å². The number of urea groups is 1. The molecule has 1 aliphatic rings. The fraction of sp³-hybridized carbons (Fsp3) is 0.190. The molecule has 8 nitrogen and oxygen atoms in total. The number of anilines is 3. The van der Waals surface area contributed by atoms with Gasteiger partial charge in [0.15, 0.2) is 0 Å². The van der Waals surface area contributed by atoms with E-state index in [2.05, 4.69) is 15.6 Å². The van der Waals surface area contributed by atoms with E-state index in [1.165, 1.54) is 0 Å². The van der Waals surface area contributed by atoms with Gasteiger partial charge in [-0.25, -0.2) is 4.79 Å². The molecule has 4 rings (SSSR count). The average Bonchev–Trinajstić information content (AvgIpc) is 3.06. The molecule has 8 heteroatoms. The second kappa shape index (κ2) is 7.67. The number of para-hydroxylation sites is 2. The Bertz CT molecular complexity index is 1060. The average molecular weight is 390 g/mol. The summed E-state index contributed by atoms with van der Waals surface area (Å²) >= 11 is 0. The maximum absolute atomic E-state index is 12.8. The number of nitrogens with two attached hydrogens (primary N) is 1. The highest BCUT2D eigenvalue weighted by molar-refractivity contribution is 6.05. The Balaban J connectivity index is 1.49. The van der Waals surface area contributed by atoms with Gasteiger partial charge in [0.05, 0.1) is 23.3 Å². The van der Waals surface area contributed by atoms with Gasteiger partial charge in [0.1, 0.15) is 5.69 Å². The van der Waals surface area contributed by atoms with Crippen molar-refractivity contribution in [2.75, 3.05) is 22.9 Å². The van der Waals surface area contributed by atoms with Gasteiger partial charge in [0, 0.05) is 38.4 Å². The topological polar surface area (TPSA) is 105 Å². The number of aromatic nitrogens is 2. The number of nitrogens with zero attached hydrogens (tertiary/aromatic N) is 3. The lowest BCUT2D eigenvalue weighted by molar-refractivity contribution is 0.101. The van der Waals surface area contributed by atoms with Gasteiger partial charge in [-0.05, 0) is 35.9 Å². The molecular formula is C21H22N6O2. The summed E-state index contributed by atoms with van der Waals surface area (Å²) in [4.78, 5) is 31.1. The largest absolute Gasteiger partial charge is 0.397 e. The van der Waals surface area contributed by atoms with Crippen LogP contribution < -0.4 is 16.4 Å². The molecule has 3 heterocycles. The maximum atomic E-state index is 12.8. The zero-order valence-corrected chi connectivity index (χ0v) is 16.1.